The second-order valence-electron chi connectivity index (χ2n) is 5.52. The van der Waals surface area contributed by atoms with Crippen LogP contribution in [0.3, 0.4) is 0 Å². The predicted octanol–water partition coefficient (Wildman–Crippen LogP) is 2.14. The molecule has 3 heteroatoms. The Kier molecular flexibility index (Phi) is 5.37. The fourth-order valence-electron chi connectivity index (χ4n) is 2.67. The molecule has 1 fully saturated rings. The standard InChI is InChI=1S/C16H26N2O/c1-3-14(2)18-11-9-17(10-12-18)13-16(19)15-7-5-4-6-8-15/h4-8,14,16,19H,3,9-13H2,1-2H3. The molecule has 1 aromatic rings. The number of rotatable bonds is 5. The fourth-order valence-corrected chi connectivity index (χ4v) is 2.67. The Morgan fingerprint density at radius 3 is 2.32 bits per heavy atom. The average Bonchev–Trinajstić information content (AvgIpc) is 2.48. The zero-order valence-electron chi connectivity index (χ0n) is 12.1. The number of β-amino-alcohol motifs (C(OH)–C–C–N with tert-alkyl or cyclic N) is 1. The third-order valence-electron chi connectivity index (χ3n) is 4.24. The molecular formula is C16H26N2O. The Hall–Kier alpha value is -0.900. The first-order chi connectivity index (χ1) is 9.20. The Morgan fingerprint density at radius 2 is 1.74 bits per heavy atom. The highest BCUT2D eigenvalue weighted by molar-refractivity contribution is 5.17. The minimum Gasteiger partial charge on any atom is -0.387 e. The second kappa shape index (κ2) is 7.04. The van der Waals surface area contributed by atoms with Crippen molar-refractivity contribution in [1.82, 2.24) is 9.80 Å². The summed E-state index contributed by atoms with van der Waals surface area (Å²) in [5, 5.41) is 10.2. The molecular weight excluding hydrogens is 236 g/mol. The largest absolute Gasteiger partial charge is 0.387 e. The predicted molar refractivity (Wildman–Crippen MR) is 79.2 cm³/mol. The van der Waals surface area contributed by atoms with Crippen LogP contribution in [0.4, 0.5) is 0 Å². The highest BCUT2D eigenvalue weighted by Gasteiger charge is 2.21. The van der Waals surface area contributed by atoms with Crippen molar-refractivity contribution in [2.45, 2.75) is 32.4 Å². The maximum Gasteiger partial charge on any atom is 0.0916 e. The maximum atomic E-state index is 10.2. The molecule has 106 valence electrons. The normalized spacial score (nSPS) is 21.2. The summed E-state index contributed by atoms with van der Waals surface area (Å²) in [6.45, 7) is 9.67. The van der Waals surface area contributed by atoms with E-state index >= 15 is 0 Å². The molecule has 0 bridgehead atoms. The summed E-state index contributed by atoms with van der Waals surface area (Å²) in [5.74, 6) is 0. The average molecular weight is 262 g/mol. The molecule has 2 atom stereocenters. The molecule has 1 heterocycles. The Labute approximate surface area is 116 Å². The van der Waals surface area contributed by atoms with Crippen LogP contribution in [-0.2, 0) is 0 Å². The van der Waals surface area contributed by atoms with Gasteiger partial charge in [0.15, 0.2) is 0 Å². The first-order valence-corrected chi connectivity index (χ1v) is 7.40. The second-order valence-corrected chi connectivity index (χ2v) is 5.52. The van der Waals surface area contributed by atoms with Crippen molar-refractivity contribution < 1.29 is 5.11 Å². The summed E-state index contributed by atoms with van der Waals surface area (Å²) in [4.78, 5) is 4.92. The van der Waals surface area contributed by atoms with Crippen LogP contribution >= 0.6 is 0 Å². The maximum absolute atomic E-state index is 10.2. The van der Waals surface area contributed by atoms with E-state index in [0.717, 1.165) is 38.3 Å². The first kappa shape index (κ1) is 14.5. The van der Waals surface area contributed by atoms with Gasteiger partial charge in [-0.3, -0.25) is 9.80 Å². The van der Waals surface area contributed by atoms with Gasteiger partial charge >= 0.3 is 0 Å². The molecule has 0 spiro atoms. The van der Waals surface area contributed by atoms with Gasteiger partial charge in [-0.25, -0.2) is 0 Å². The van der Waals surface area contributed by atoms with Crippen molar-refractivity contribution in [3.05, 3.63) is 35.9 Å². The highest BCUT2D eigenvalue weighted by atomic mass is 16.3. The lowest BCUT2D eigenvalue weighted by Crippen LogP contribution is -2.50. The van der Waals surface area contributed by atoms with Gasteiger partial charge in [0, 0.05) is 38.8 Å². The van der Waals surface area contributed by atoms with E-state index in [1.54, 1.807) is 0 Å². The van der Waals surface area contributed by atoms with Crippen molar-refractivity contribution in [2.24, 2.45) is 0 Å². The van der Waals surface area contributed by atoms with Gasteiger partial charge in [-0.15, -0.1) is 0 Å². The Morgan fingerprint density at radius 1 is 1.11 bits per heavy atom. The first-order valence-electron chi connectivity index (χ1n) is 7.40. The van der Waals surface area contributed by atoms with E-state index in [2.05, 4.69) is 23.6 Å². The van der Waals surface area contributed by atoms with Gasteiger partial charge in [-0.2, -0.15) is 0 Å². The number of benzene rings is 1. The molecule has 0 radical (unpaired) electrons. The molecule has 0 amide bonds. The van der Waals surface area contributed by atoms with Crippen LogP contribution < -0.4 is 0 Å². The van der Waals surface area contributed by atoms with Crippen molar-refractivity contribution in [3.8, 4) is 0 Å². The third kappa shape index (κ3) is 4.03. The number of hydrogen-bond donors (Lipinski definition) is 1. The molecule has 1 aliphatic heterocycles. The van der Waals surface area contributed by atoms with Gasteiger partial charge in [-0.05, 0) is 18.9 Å². The lowest BCUT2D eigenvalue weighted by molar-refractivity contribution is 0.0584. The van der Waals surface area contributed by atoms with Gasteiger partial charge in [0.2, 0.25) is 0 Å². The van der Waals surface area contributed by atoms with Crippen LogP contribution in [0.1, 0.15) is 31.9 Å². The molecule has 1 aromatic carbocycles. The SMILES string of the molecule is CCC(C)N1CCN(CC(O)c2ccccc2)CC1. The van der Waals surface area contributed by atoms with Crippen LogP contribution in [0.15, 0.2) is 30.3 Å². The molecule has 19 heavy (non-hydrogen) atoms. The highest BCUT2D eigenvalue weighted by Crippen LogP contribution is 2.16. The van der Waals surface area contributed by atoms with Gasteiger partial charge in [-0.1, -0.05) is 37.3 Å². The van der Waals surface area contributed by atoms with Crippen molar-refractivity contribution in [1.29, 1.82) is 0 Å². The van der Waals surface area contributed by atoms with Crippen molar-refractivity contribution in [2.75, 3.05) is 32.7 Å². The van der Waals surface area contributed by atoms with Crippen LogP contribution in [0.2, 0.25) is 0 Å². The third-order valence-corrected chi connectivity index (χ3v) is 4.24. The number of nitrogens with zero attached hydrogens (tertiary/aromatic N) is 2. The quantitative estimate of drug-likeness (QED) is 0.880. The number of hydrogen-bond acceptors (Lipinski definition) is 3. The summed E-state index contributed by atoms with van der Waals surface area (Å²) in [6.07, 6.45) is 0.850. The molecule has 1 saturated heterocycles. The Bertz CT molecular complexity index is 360. The lowest BCUT2D eigenvalue weighted by Gasteiger charge is -2.38. The molecule has 0 aliphatic carbocycles. The zero-order valence-corrected chi connectivity index (χ0v) is 12.1. The topological polar surface area (TPSA) is 26.7 Å². The molecule has 0 aromatic heterocycles. The number of piperazine rings is 1. The van der Waals surface area contributed by atoms with Gasteiger partial charge in [0.1, 0.15) is 0 Å². The van der Waals surface area contributed by atoms with E-state index < -0.39 is 0 Å². The molecule has 1 N–H and O–H groups in total. The van der Waals surface area contributed by atoms with Crippen LogP contribution in [0.25, 0.3) is 0 Å². The van der Waals surface area contributed by atoms with Gasteiger partial charge in [0.05, 0.1) is 6.10 Å². The van der Waals surface area contributed by atoms with E-state index in [4.69, 9.17) is 0 Å². The van der Waals surface area contributed by atoms with E-state index in [1.165, 1.54) is 6.42 Å². The Balaban J connectivity index is 1.79. The van der Waals surface area contributed by atoms with E-state index in [1.807, 2.05) is 30.3 Å². The smallest absolute Gasteiger partial charge is 0.0916 e. The minimum absolute atomic E-state index is 0.364. The van der Waals surface area contributed by atoms with Crippen LogP contribution in [-0.4, -0.2) is 53.7 Å². The molecule has 0 saturated carbocycles. The lowest BCUT2D eigenvalue weighted by atomic mass is 10.1. The van der Waals surface area contributed by atoms with Crippen LogP contribution in [0.5, 0.6) is 0 Å². The summed E-state index contributed by atoms with van der Waals surface area (Å²) < 4.78 is 0. The summed E-state index contributed by atoms with van der Waals surface area (Å²) in [5.41, 5.74) is 1.02. The van der Waals surface area contributed by atoms with Gasteiger partial charge < -0.3 is 5.11 Å². The summed E-state index contributed by atoms with van der Waals surface area (Å²) in [7, 11) is 0. The number of aliphatic hydroxyl groups is 1. The van der Waals surface area contributed by atoms with E-state index in [-0.39, 0.29) is 6.10 Å². The molecule has 2 unspecified atom stereocenters. The zero-order chi connectivity index (χ0) is 13.7. The fraction of sp³-hybridized carbons (Fsp3) is 0.625. The molecule has 3 nitrogen and oxygen atoms in total. The van der Waals surface area contributed by atoms with Gasteiger partial charge in [0.25, 0.3) is 0 Å². The van der Waals surface area contributed by atoms with Crippen molar-refractivity contribution >= 4 is 0 Å². The van der Waals surface area contributed by atoms with Crippen LogP contribution in [0, 0.1) is 0 Å². The molecule has 1 aliphatic rings. The van der Waals surface area contributed by atoms with Crippen molar-refractivity contribution in [3.63, 3.8) is 0 Å². The summed E-state index contributed by atoms with van der Waals surface area (Å²) >= 11 is 0. The molecule has 2 rings (SSSR count). The number of aliphatic hydroxyl groups excluding tert-OH is 1. The van der Waals surface area contributed by atoms with E-state index in [0.29, 0.717) is 6.04 Å². The minimum atomic E-state index is -0.364. The van der Waals surface area contributed by atoms with E-state index in [9.17, 15) is 5.11 Å². The summed E-state index contributed by atoms with van der Waals surface area (Å²) in [6, 6.07) is 10.6. The monoisotopic (exact) mass is 262 g/mol.